The summed E-state index contributed by atoms with van der Waals surface area (Å²) in [6.07, 6.45) is 3.35. The fourth-order valence-corrected chi connectivity index (χ4v) is 3.20. The third-order valence-corrected chi connectivity index (χ3v) is 4.91. The topological polar surface area (TPSA) is 38.5 Å². The summed E-state index contributed by atoms with van der Waals surface area (Å²) in [6, 6.07) is 8.02. The Morgan fingerprint density at radius 2 is 2.20 bits per heavy atom. The van der Waals surface area contributed by atoms with E-state index in [0.29, 0.717) is 12.6 Å². The lowest BCUT2D eigenvalue weighted by Gasteiger charge is -2.46. The minimum atomic E-state index is 0.0259. The largest absolute Gasteiger partial charge is 0.378 e. The van der Waals surface area contributed by atoms with Crippen molar-refractivity contribution in [2.75, 3.05) is 20.2 Å². The fourth-order valence-electron chi connectivity index (χ4n) is 3.00. The van der Waals surface area contributed by atoms with Crippen molar-refractivity contribution in [1.82, 2.24) is 4.90 Å². The molecule has 20 heavy (non-hydrogen) atoms. The molecule has 3 nitrogen and oxygen atoms in total. The molecule has 1 heterocycles. The number of rotatable bonds is 5. The van der Waals surface area contributed by atoms with Crippen LogP contribution in [0.1, 0.15) is 31.7 Å². The monoisotopic (exact) mass is 296 g/mol. The summed E-state index contributed by atoms with van der Waals surface area (Å²) in [6.45, 7) is 4.45. The Labute approximate surface area is 127 Å². The summed E-state index contributed by atoms with van der Waals surface area (Å²) in [5, 5.41) is 0.825. The zero-order valence-electron chi connectivity index (χ0n) is 12.4. The van der Waals surface area contributed by atoms with Crippen molar-refractivity contribution in [3.8, 4) is 0 Å². The summed E-state index contributed by atoms with van der Waals surface area (Å²) in [4.78, 5) is 2.36. The molecule has 0 aliphatic carbocycles. The number of nitrogens with two attached hydrogens (primary N) is 1. The zero-order valence-corrected chi connectivity index (χ0v) is 13.2. The Morgan fingerprint density at radius 3 is 2.85 bits per heavy atom. The maximum atomic E-state index is 6.27. The molecule has 0 radical (unpaired) electrons. The van der Waals surface area contributed by atoms with E-state index in [-0.39, 0.29) is 5.54 Å². The van der Waals surface area contributed by atoms with Crippen molar-refractivity contribution in [3.05, 3.63) is 34.9 Å². The second kappa shape index (κ2) is 6.90. The molecule has 0 spiro atoms. The molecule has 1 saturated heterocycles. The van der Waals surface area contributed by atoms with Crippen molar-refractivity contribution < 1.29 is 4.74 Å². The number of nitrogens with zero attached hydrogens (tertiary/aromatic N) is 1. The number of benzene rings is 1. The highest BCUT2D eigenvalue weighted by molar-refractivity contribution is 6.31. The molecule has 112 valence electrons. The molecule has 0 bridgehead atoms. The molecular formula is C16H25ClN2O. The number of likely N-dealkylation sites (N-methyl/N-ethyl adjacent to an activating group) is 1. The van der Waals surface area contributed by atoms with Crippen LogP contribution in [0, 0.1) is 0 Å². The van der Waals surface area contributed by atoms with Gasteiger partial charge in [0, 0.05) is 30.3 Å². The highest BCUT2D eigenvalue weighted by Gasteiger charge is 2.38. The summed E-state index contributed by atoms with van der Waals surface area (Å²) in [5.41, 5.74) is 7.30. The quantitative estimate of drug-likeness (QED) is 0.907. The Balaban J connectivity index is 2.12. The van der Waals surface area contributed by atoms with Crippen LogP contribution in [-0.4, -0.2) is 36.7 Å². The van der Waals surface area contributed by atoms with Gasteiger partial charge in [0.25, 0.3) is 0 Å². The van der Waals surface area contributed by atoms with Gasteiger partial charge in [0.2, 0.25) is 0 Å². The van der Waals surface area contributed by atoms with Crippen LogP contribution in [0.25, 0.3) is 0 Å². The van der Waals surface area contributed by atoms with Crippen LogP contribution in [0.3, 0.4) is 0 Å². The van der Waals surface area contributed by atoms with Crippen molar-refractivity contribution in [2.24, 2.45) is 5.73 Å². The molecule has 2 rings (SSSR count). The van der Waals surface area contributed by atoms with E-state index in [0.717, 1.165) is 43.0 Å². The van der Waals surface area contributed by atoms with E-state index in [4.69, 9.17) is 22.1 Å². The Bertz CT molecular complexity index is 440. The second-order valence-electron chi connectivity index (χ2n) is 5.73. The SMILES string of the molecule is CCC1CC(CN)(N(C)Cc2ccccc2Cl)CCO1. The number of ether oxygens (including phenoxy) is 1. The predicted octanol–water partition coefficient (Wildman–Crippen LogP) is 3.06. The molecule has 1 fully saturated rings. The maximum absolute atomic E-state index is 6.27. The lowest BCUT2D eigenvalue weighted by molar-refractivity contribution is -0.0671. The summed E-state index contributed by atoms with van der Waals surface area (Å²) in [7, 11) is 2.15. The summed E-state index contributed by atoms with van der Waals surface area (Å²) in [5.74, 6) is 0. The van der Waals surface area contributed by atoms with Gasteiger partial charge in [0.1, 0.15) is 0 Å². The first kappa shape index (κ1) is 15.8. The average molecular weight is 297 g/mol. The third-order valence-electron chi connectivity index (χ3n) is 4.54. The first-order valence-electron chi connectivity index (χ1n) is 7.37. The molecule has 2 unspecified atom stereocenters. The van der Waals surface area contributed by atoms with Gasteiger partial charge in [-0.2, -0.15) is 0 Å². The highest BCUT2D eigenvalue weighted by Crippen LogP contribution is 2.32. The van der Waals surface area contributed by atoms with Crippen LogP contribution >= 0.6 is 11.6 Å². The molecule has 2 N–H and O–H groups in total. The first-order valence-corrected chi connectivity index (χ1v) is 7.75. The van der Waals surface area contributed by atoms with Gasteiger partial charge in [-0.15, -0.1) is 0 Å². The van der Waals surface area contributed by atoms with Crippen molar-refractivity contribution in [3.63, 3.8) is 0 Å². The van der Waals surface area contributed by atoms with E-state index >= 15 is 0 Å². The zero-order chi connectivity index (χ0) is 14.6. The predicted molar refractivity (Wildman–Crippen MR) is 84.0 cm³/mol. The van der Waals surface area contributed by atoms with Crippen LogP contribution in [0.2, 0.25) is 5.02 Å². The minimum absolute atomic E-state index is 0.0259. The van der Waals surface area contributed by atoms with Crippen molar-refractivity contribution in [1.29, 1.82) is 0 Å². The van der Waals surface area contributed by atoms with E-state index in [9.17, 15) is 0 Å². The van der Waals surface area contributed by atoms with Crippen LogP contribution in [-0.2, 0) is 11.3 Å². The van der Waals surface area contributed by atoms with Gasteiger partial charge >= 0.3 is 0 Å². The van der Waals surface area contributed by atoms with Crippen molar-refractivity contribution in [2.45, 2.75) is 44.4 Å². The van der Waals surface area contributed by atoms with E-state index in [1.165, 1.54) is 0 Å². The maximum Gasteiger partial charge on any atom is 0.0590 e. The number of hydrogen-bond acceptors (Lipinski definition) is 3. The van der Waals surface area contributed by atoms with Crippen LogP contribution in [0.4, 0.5) is 0 Å². The molecule has 1 aliphatic rings. The molecule has 1 aromatic rings. The van der Waals surface area contributed by atoms with Gasteiger partial charge in [0.15, 0.2) is 0 Å². The molecule has 1 aliphatic heterocycles. The molecule has 0 saturated carbocycles. The molecule has 4 heteroatoms. The van der Waals surface area contributed by atoms with Gasteiger partial charge in [-0.3, -0.25) is 4.90 Å². The van der Waals surface area contributed by atoms with Crippen LogP contribution < -0.4 is 5.73 Å². The lowest BCUT2D eigenvalue weighted by Crippen LogP contribution is -2.56. The second-order valence-corrected chi connectivity index (χ2v) is 6.14. The standard InChI is InChI=1S/C16H25ClN2O/c1-3-14-10-16(12-18,8-9-20-14)19(2)11-13-6-4-5-7-15(13)17/h4-7,14H,3,8-12,18H2,1-2H3. The third kappa shape index (κ3) is 3.34. The van der Waals surface area contributed by atoms with Gasteiger partial charge in [-0.25, -0.2) is 0 Å². The highest BCUT2D eigenvalue weighted by atomic mass is 35.5. The Hall–Kier alpha value is -0.610. The molecule has 2 atom stereocenters. The smallest absolute Gasteiger partial charge is 0.0590 e. The van der Waals surface area contributed by atoms with Crippen LogP contribution in [0.5, 0.6) is 0 Å². The molecule has 1 aromatic carbocycles. The van der Waals surface area contributed by atoms with E-state index in [1.54, 1.807) is 0 Å². The molecule has 0 aromatic heterocycles. The van der Waals surface area contributed by atoms with Gasteiger partial charge in [-0.05, 0) is 37.9 Å². The molecule has 0 amide bonds. The van der Waals surface area contributed by atoms with Gasteiger partial charge < -0.3 is 10.5 Å². The van der Waals surface area contributed by atoms with E-state index in [2.05, 4.69) is 24.9 Å². The first-order chi connectivity index (χ1) is 9.61. The summed E-state index contributed by atoms with van der Waals surface area (Å²) < 4.78 is 5.80. The van der Waals surface area contributed by atoms with Gasteiger partial charge in [0.05, 0.1) is 6.10 Å². The molecular weight excluding hydrogens is 272 g/mol. The number of halogens is 1. The normalized spacial score (nSPS) is 26.9. The van der Waals surface area contributed by atoms with Gasteiger partial charge in [-0.1, -0.05) is 36.7 Å². The fraction of sp³-hybridized carbons (Fsp3) is 0.625. The van der Waals surface area contributed by atoms with Crippen LogP contribution in [0.15, 0.2) is 24.3 Å². The Kier molecular flexibility index (Phi) is 5.44. The van der Waals surface area contributed by atoms with E-state index in [1.807, 2.05) is 18.2 Å². The minimum Gasteiger partial charge on any atom is -0.378 e. The average Bonchev–Trinajstić information content (AvgIpc) is 2.49. The van der Waals surface area contributed by atoms with Crippen molar-refractivity contribution >= 4 is 11.6 Å². The lowest BCUT2D eigenvalue weighted by atomic mass is 9.84. The van der Waals surface area contributed by atoms with E-state index < -0.39 is 0 Å². The number of hydrogen-bond donors (Lipinski definition) is 1. The summed E-state index contributed by atoms with van der Waals surface area (Å²) >= 11 is 6.27. The Morgan fingerprint density at radius 1 is 1.45 bits per heavy atom.